The van der Waals surface area contributed by atoms with E-state index in [4.69, 9.17) is 10.00 Å². The maximum atomic E-state index is 9.07. The average molecular weight is 279 g/mol. The Labute approximate surface area is 124 Å². The second-order valence-corrected chi connectivity index (χ2v) is 5.14. The van der Waals surface area contributed by atoms with Crippen LogP contribution in [0.1, 0.15) is 30.4 Å². The summed E-state index contributed by atoms with van der Waals surface area (Å²) in [6.07, 6.45) is 5.57. The third-order valence-corrected chi connectivity index (χ3v) is 3.69. The Balaban J connectivity index is 1.71. The number of nitrogens with zero attached hydrogens (tertiary/aromatic N) is 2. The van der Waals surface area contributed by atoms with Gasteiger partial charge in [-0.1, -0.05) is 18.2 Å². The van der Waals surface area contributed by atoms with Crippen LogP contribution in [0.25, 0.3) is 0 Å². The number of nitrogens with one attached hydrogen (secondary N) is 1. The molecule has 1 saturated carbocycles. The first-order valence-electron chi connectivity index (χ1n) is 7.20. The van der Waals surface area contributed by atoms with E-state index < -0.39 is 0 Å². The summed E-state index contributed by atoms with van der Waals surface area (Å²) in [4.78, 5) is 4.21. The molecule has 0 aliphatic heterocycles. The van der Waals surface area contributed by atoms with Gasteiger partial charge in [-0.2, -0.15) is 5.26 Å². The van der Waals surface area contributed by atoms with Gasteiger partial charge < -0.3 is 10.1 Å². The largest absolute Gasteiger partial charge is 0.490 e. The molecule has 21 heavy (non-hydrogen) atoms. The molecule has 1 fully saturated rings. The predicted molar refractivity (Wildman–Crippen MR) is 81.0 cm³/mol. The van der Waals surface area contributed by atoms with Gasteiger partial charge in [0.1, 0.15) is 17.6 Å². The highest BCUT2D eigenvalue weighted by Crippen LogP contribution is 2.28. The van der Waals surface area contributed by atoms with Crippen molar-refractivity contribution in [3.63, 3.8) is 0 Å². The minimum absolute atomic E-state index is 0.357. The number of hydrogen-bond donors (Lipinski definition) is 1. The molecule has 106 valence electrons. The first-order valence-corrected chi connectivity index (χ1v) is 7.20. The SMILES string of the molecule is N#Cc1cccnc1NCc1ccccc1OC1CCC1. The van der Waals surface area contributed by atoms with Crippen LogP contribution in [-0.4, -0.2) is 11.1 Å². The van der Waals surface area contributed by atoms with E-state index in [0.717, 1.165) is 24.2 Å². The number of hydrogen-bond acceptors (Lipinski definition) is 4. The van der Waals surface area contributed by atoms with Gasteiger partial charge in [0.15, 0.2) is 0 Å². The van der Waals surface area contributed by atoms with Crippen LogP contribution in [-0.2, 0) is 6.54 Å². The van der Waals surface area contributed by atoms with Gasteiger partial charge in [-0.25, -0.2) is 4.98 Å². The third kappa shape index (κ3) is 3.14. The molecule has 1 aliphatic carbocycles. The van der Waals surface area contributed by atoms with E-state index in [2.05, 4.69) is 16.4 Å². The van der Waals surface area contributed by atoms with Crippen LogP contribution in [0.15, 0.2) is 42.6 Å². The van der Waals surface area contributed by atoms with Gasteiger partial charge >= 0.3 is 0 Å². The highest BCUT2D eigenvalue weighted by molar-refractivity contribution is 5.52. The van der Waals surface area contributed by atoms with Gasteiger partial charge in [0.25, 0.3) is 0 Å². The number of nitriles is 1. The molecule has 1 N–H and O–H groups in total. The van der Waals surface area contributed by atoms with E-state index in [1.807, 2.05) is 24.3 Å². The molecule has 1 aliphatic rings. The Kier molecular flexibility index (Phi) is 4.02. The summed E-state index contributed by atoms with van der Waals surface area (Å²) in [5.74, 6) is 1.53. The lowest BCUT2D eigenvalue weighted by Crippen LogP contribution is -2.25. The van der Waals surface area contributed by atoms with Crippen molar-refractivity contribution in [2.24, 2.45) is 0 Å². The van der Waals surface area contributed by atoms with E-state index in [1.54, 1.807) is 18.3 Å². The molecule has 4 heteroatoms. The van der Waals surface area contributed by atoms with E-state index in [-0.39, 0.29) is 0 Å². The van der Waals surface area contributed by atoms with Gasteiger partial charge in [0, 0.05) is 18.3 Å². The van der Waals surface area contributed by atoms with Crippen molar-refractivity contribution in [2.75, 3.05) is 5.32 Å². The fourth-order valence-electron chi connectivity index (χ4n) is 2.25. The lowest BCUT2D eigenvalue weighted by atomic mass is 9.96. The van der Waals surface area contributed by atoms with Crippen LogP contribution in [0.3, 0.4) is 0 Å². The molecule has 0 unspecified atom stereocenters. The fourth-order valence-corrected chi connectivity index (χ4v) is 2.25. The zero-order valence-electron chi connectivity index (χ0n) is 11.7. The third-order valence-electron chi connectivity index (χ3n) is 3.69. The molecule has 1 heterocycles. The molecule has 1 aromatic carbocycles. The summed E-state index contributed by atoms with van der Waals surface area (Å²) >= 11 is 0. The van der Waals surface area contributed by atoms with Crippen molar-refractivity contribution < 1.29 is 4.74 Å². The van der Waals surface area contributed by atoms with Crippen molar-refractivity contribution in [1.82, 2.24) is 4.98 Å². The van der Waals surface area contributed by atoms with Gasteiger partial charge in [0.2, 0.25) is 0 Å². The molecule has 0 radical (unpaired) electrons. The topological polar surface area (TPSA) is 57.9 Å². The average Bonchev–Trinajstić information content (AvgIpc) is 2.50. The molecule has 0 spiro atoms. The number of benzene rings is 1. The Morgan fingerprint density at radius 2 is 2.10 bits per heavy atom. The lowest BCUT2D eigenvalue weighted by Gasteiger charge is -2.27. The van der Waals surface area contributed by atoms with Crippen molar-refractivity contribution in [2.45, 2.75) is 31.9 Å². The molecule has 0 atom stereocenters. The highest BCUT2D eigenvalue weighted by Gasteiger charge is 2.20. The van der Waals surface area contributed by atoms with Crippen molar-refractivity contribution in [3.8, 4) is 11.8 Å². The molecule has 2 aromatic rings. The van der Waals surface area contributed by atoms with E-state index in [1.165, 1.54) is 6.42 Å². The summed E-state index contributed by atoms with van der Waals surface area (Å²) < 4.78 is 6.00. The standard InChI is InChI=1S/C17H17N3O/c18-11-13-6-4-10-19-17(13)20-12-14-5-1-2-9-16(14)21-15-7-3-8-15/h1-2,4-6,9-10,15H,3,7-8,12H2,(H,19,20). The van der Waals surface area contributed by atoms with E-state index >= 15 is 0 Å². The molecule has 0 bridgehead atoms. The molecule has 4 nitrogen and oxygen atoms in total. The number of pyridine rings is 1. The maximum Gasteiger partial charge on any atom is 0.144 e. The summed E-state index contributed by atoms with van der Waals surface area (Å²) in [7, 11) is 0. The summed E-state index contributed by atoms with van der Waals surface area (Å²) in [5, 5.41) is 12.3. The highest BCUT2D eigenvalue weighted by atomic mass is 16.5. The van der Waals surface area contributed by atoms with Crippen molar-refractivity contribution >= 4 is 5.82 Å². The Morgan fingerprint density at radius 1 is 1.24 bits per heavy atom. The smallest absolute Gasteiger partial charge is 0.144 e. The lowest BCUT2D eigenvalue weighted by molar-refractivity contribution is 0.119. The molecule has 0 saturated heterocycles. The zero-order chi connectivity index (χ0) is 14.5. The monoisotopic (exact) mass is 279 g/mol. The van der Waals surface area contributed by atoms with Crippen LogP contribution in [0, 0.1) is 11.3 Å². The van der Waals surface area contributed by atoms with Crippen LogP contribution < -0.4 is 10.1 Å². The van der Waals surface area contributed by atoms with Gasteiger partial charge in [-0.15, -0.1) is 0 Å². The van der Waals surface area contributed by atoms with Crippen LogP contribution >= 0.6 is 0 Å². The van der Waals surface area contributed by atoms with E-state index in [0.29, 0.717) is 24.0 Å². The zero-order valence-corrected chi connectivity index (χ0v) is 11.7. The molecule has 1 aromatic heterocycles. The number of ether oxygens (including phenoxy) is 1. The summed E-state index contributed by atoms with van der Waals surface area (Å²) in [5.41, 5.74) is 1.63. The Morgan fingerprint density at radius 3 is 2.86 bits per heavy atom. The summed E-state index contributed by atoms with van der Waals surface area (Å²) in [6.45, 7) is 0.592. The van der Waals surface area contributed by atoms with Crippen LogP contribution in [0.5, 0.6) is 5.75 Å². The van der Waals surface area contributed by atoms with Gasteiger partial charge in [-0.3, -0.25) is 0 Å². The first-order chi connectivity index (χ1) is 10.4. The quantitative estimate of drug-likeness (QED) is 0.910. The summed E-state index contributed by atoms with van der Waals surface area (Å²) in [6, 6.07) is 13.7. The number of aromatic nitrogens is 1. The van der Waals surface area contributed by atoms with Gasteiger partial charge in [-0.05, 0) is 37.5 Å². The van der Waals surface area contributed by atoms with Crippen LogP contribution in [0.2, 0.25) is 0 Å². The Hall–Kier alpha value is -2.54. The molecule has 0 amide bonds. The van der Waals surface area contributed by atoms with Crippen molar-refractivity contribution in [3.05, 3.63) is 53.7 Å². The minimum Gasteiger partial charge on any atom is -0.490 e. The molecular formula is C17H17N3O. The van der Waals surface area contributed by atoms with Crippen LogP contribution in [0.4, 0.5) is 5.82 Å². The maximum absolute atomic E-state index is 9.07. The van der Waals surface area contributed by atoms with Gasteiger partial charge in [0.05, 0.1) is 11.7 Å². The molecular weight excluding hydrogens is 262 g/mol. The second kappa shape index (κ2) is 6.27. The minimum atomic E-state index is 0.357. The number of rotatable bonds is 5. The number of anilines is 1. The first kappa shape index (κ1) is 13.4. The van der Waals surface area contributed by atoms with E-state index in [9.17, 15) is 0 Å². The second-order valence-electron chi connectivity index (χ2n) is 5.14. The Bertz CT molecular complexity index is 659. The predicted octanol–water partition coefficient (Wildman–Crippen LogP) is 3.50. The fraction of sp³-hybridized carbons (Fsp3) is 0.294. The number of para-hydroxylation sites is 1. The normalized spacial score (nSPS) is 14.0. The van der Waals surface area contributed by atoms with Crippen molar-refractivity contribution in [1.29, 1.82) is 5.26 Å². The molecule has 3 rings (SSSR count).